The summed E-state index contributed by atoms with van der Waals surface area (Å²) in [6.07, 6.45) is 2.78. The fourth-order valence-electron chi connectivity index (χ4n) is 1.96. The van der Waals surface area contributed by atoms with Crippen LogP contribution in [0.3, 0.4) is 0 Å². The molecule has 0 amide bonds. The summed E-state index contributed by atoms with van der Waals surface area (Å²) in [6, 6.07) is 8.01. The van der Waals surface area contributed by atoms with Gasteiger partial charge in [-0.1, -0.05) is 32.0 Å². The Kier molecular flexibility index (Phi) is 3.77. The lowest BCUT2D eigenvalue weighted by Crippen LogP contribution is -2.26. The van der Waals surface area contributed by atoms with Gasteiger partial charge in [0.1, 0.15) is 0 Å². The third-order valence-corrected chi connectivity index (χ3v) is 3.13. The zero-order valence-corrected chi connectivity index (χ0v) is 11.0. The van der Waals surface area contributed by atoms with Gasteiger partial charge in [-0.25, -0.2) is 0 Å². The number of hydrogen-bond acceptors (Lipinski definition) is 4. The van der Waals surface area contributed by atoms with E-state index in [1.807, 2.05) is 18.2 Å². The minimum Gasteiger partial charge on any atom is -0.383 e. The second-order valence-corrected chi connectivity index (χ2v) is 5.33. The zero-order chi connectivity index (χ0) is 13.0. The highest BCUT2D eigenvalue weighted by molar-refractivity contribution is 5.90. The van der Waals surface area contributed by atoms with E-state index in [-0.39, 0.29) is 5.41 Å². The maximum atomic E-state index is 5.62. The fraction of sp³-hybridized carbons (Fsp3) is 0.429. The summed E-state index contributed by atoms with van der Waals surface area (Å²) < 4.78 is 0. The first kappa shape index (κ1) is 12.8. The molecule has 1 heterocycles. The van der Waals surface area contributed by atoms with Gasteiger partial charge in [-0.3, -0.25) is 0 Å². The number of rotatable bonds is 5. The molecule has 3 N–H and O–H groups in total. The van der Waals surface area contributed by atoms with E-state index in [4.69, 9.17) is 5.73 Å². The van der Waals surface area contributed by atoms with Gasteiger partial charge < -0.3 is 11.1 Å². The second-order valence-electron chi connectivity index (χ2n) is 5.33. The molecule has 96 valence electrons. The second kappa shape index (κ2) is 5.31. The molecule has 0 saturated carbocycles. The van der Waals surface area contributed by atoms with Crippen molar-refractivity contribution in [2.45, 2.75) is 20.3 Å². The largest absolute Gasteiger partial charge is 0.383 e. The van der Waals surface area contributed by atoms with Crippen molar-refractivity contribution in [3.8, 4) is 0 Å². The van der Waals surface area contributed by atoms with Gasteiger partial charge in [0, 0.05) is 11.9 Å². The molecule has 0 spiro atoms. The summed E-state index contributed by atoms with van der Waals surface area (Å²) in [5.41, 5.74) is 7.75. The molecule has 0 fully saturated rings. The number of anilines is 1. The van der Waals surface area contributed by atoms with Gasteiger partial charge in [0.25, 0.3) is 0 Å². The Morgan fingerprint density at radius 1 is 1.28 bits per heavy atom. The zero-order valence-electron chi connectivity index (χ0n) is 11.0. The van der Waals surface area contributed by atoms with Gasteiger partial charge in [-0.05, 0) is 24.4 Å². The molecule has 0 aliphatic heterocycles. The van der Waals surface area contributed by atoms with Crippen LogP contribution in [0.5, 0.6) is 0 Å². The molecule has 1 aromatic heterocycles. The van der Waals surface area contributed by atoms with Gasteiger partial charge in [-0.2, -0.15) is 10.2 Å². The Bertz CT molecular complexity index is 517. The van der Waals surface area contributed by atoms with Crippen LogP contribution < -0.4 is 11.1 Å². The highest BCUT2D eigenvalue weighted by atomic mass is 15.1. The predicted molar refractivity (Wildman–Crippen MR) is 75.5 cm³/mol. The first-order valence-electron chi connectivity index (χ1n) is 6.27. The molecule has 0 aliphatic rings. The molecule has 0 radical (unpaired) electrons. The molecular weight excluding hydrogens is 224 g/mol. The van der Waals surface area contributed by atoms with E-state index >= 15 is 0 Å². The van der Waals surface area contributed by atoms with E-state index in [0.717, 1.165) is 29.6 Å². The van der Waals surface area contributed by atoms with Crippen molar-refractivity contribution in [2.24, 2.45) is 11.1 Å². The maximum absolute atomic E-state index is 5.62. The standard InChI is InChI=1S/C14H20N4/c1-14(2,7-8-15)10-16-13-9-17-18-12-6-4-3-5-11(12)13/h3-6,9H,7-8,10,15H2,1-2H3,(H,16,18). The normalized spacial score (nSPS) is 11.7. The lowest BCUT2D eigenvalue weighted by molar-refractivity contribution is 0.365. The topological polar surface area (TPSA) is 63.8 Å². The Labute approximate surface area is 108 Å². The monoisotopic (exact) mass is 244 g/mol. The van der Waals surface area contributed by atoms with Crippen LogP contribution in [0.15, 0.2) is 30.5 Å². The summed E-state index contributed by atoms with van der Waals surface area (Å²) in [7, 11) is 0. The lowest BCUT2D eigenvalue weighted by Gasteiger charge is -2.25. The fourth-order valence-corrected chi connectivity index (χ4v) is 1.96. The first-order valence-corrected chi connectivity index (χ1v) is 6.27. The Balaban J connectivity index is 2.17. The molecule has 4 nitrogen and oxygen atoms in total. The smallest absolute Gasteiger partial charge is 0.0950 e. The molecule has 0 bridgehead atoms. The van der Waals surface area contributed by atoms with Crippen molar-refractivity contribution in [1.29, 1.82) is 0 Å². The van der Waals surface area contributed by atoms with E-state index < -0.39 is 0 Å². The van der Waals surface area contributed by atoms with Crippen molar-refractivity contribution < 1.29 is 0 Å². The third kappa shape index (κ3) is 2.96. The van der Waals surface area contributed by atoms with Crippen LogP contribution >= 0.6 is 0 Å². The van der Waals surface area contributed by atoms with Gasteiger partial charge in [0.05, 0.1) is 17.4 Å². The van der Waals surface area contributed by atoms with Crippen molar-refractivity contribution in [2.75, 3.05) is 18.4 Å². The predicted octanol–water partition coefficient (Wildman–Crippen LogP) is 2.42. The highest BCUT2D eigenvalue weighted by Crippen LogP contribution is 2.24. The van der Waals surface area contributed by atoms with Crippen molar-refractivity contribution in [3.63, 3.8) is 0 Å². The van der Waals surface area contributed by atoms with E-state index in [9.17, 15) is 0 Å². The SMILES string of the molecule is CC(C)(CCN)CNc1cnnc2ccccc12. The molecule has 2 rings (SSSR count). The summed E-state index contributed by atoms with van der Waals surface area (Å²) in [6.45, 7) is 6.01. The number of benzene rings is 1. The van der Waals surface area contributed by atoms with E-state index in [0.29, 0.717) is 6.54 Å². The van der Waals surface area contributed by atoms with Gasteiger partial charge in [0.15, 0.2) is 0 Å². The molecule has 0 aliphatic carbocycles. The number of hydrogen-bond donors (Lipinski definition) is 2. The van der Waals surface area contributed by atoms with Crippen LogP contribution in [0.25, 0.3) is 10.9 Å². The molecule has 18 heavy (non-hydrogen) atoms. The Morgan fingerprint density at radius 3 is 2.83 bits per heavy atom. The third-order valence-electron chi connectivity index (χ3n) is 3.13. The number of nitrogens with zero attached hydrogens (tertiary/aromatic N) is 2. The van der Waals surface area contributed by atoms with Crippen molar-refractivity contribution in [1.82, 2.24) is 10.2 Å². The molecule has 0 unspecified atom stereocenters. The molecule has 0 saturated heterocycles. The van der Waals surface area contributed by atoms with Crippen LogP contribution in [0.1, 0.15) is 20.3 Å². The Hall–Kier alpha value is -1.68. The quantitative estimate of drug-likeness (QED) is 0.847. The minimum absolute atomic E-state index is 0.180. The van der Waals surface area contributed by atoms with E-state index in [1.54, 1.807) is 6.20 Å². The number of nitrogens with one attached hydrogen (secondary N) is 1. The van der Waals surface area contributed by atoms with Gasteiger partial charge in [0.2, 0.25) is 0 Å². The van der Waals surface area contributed by atoms with Gasteiger partial charge in [-0.15, -0.1) is 0 Å². The summed E-state index contributed by atoms with van der Waals surface area (Å²) in [4.78, 5) is 0. The molecular formula is C14H20N4. The van der Waals surface area contributed by atoms with Crippen LogP contribution in [-0.2, 0) is 0 Å². The molecule has 4 heteroatoms. The highest BCUT2D eigenvalue weighted by Gasteiger charge is 2.16. The van der Waals surface area contributed by atoms with Gasteiger partial charge >= 0.3 is 0 Å². The van der Waals surface area contributed by atoms with Crippen molar-refractivity contribution in [3.05, 3.63) is 30.5 Å². The summed E-state index contributed by atoms with van der Waals surface area (Å²) in [5.74, 6) is 0. The van der Waals surface area contributed by atoms with E-state index in [1.165, 1.54) is 0 Å². The lowest BCUT2D eigenvalue weighted by atomic mass is 9.89. The van der Waals surface area contributed by atoms with Crippen molar-refractivity contribution >= 4 is 16.6 Å². The average molecular weight is 244 g/mol. The Morgan fingerprint density at radius 2 is 2.06 bits per heavy atom. The first-order chi connectivity index (χ1) is 8.62. The molecule has 0 atom stereocenters. The van der Waals surface area contributed by atoms with Crippen LogP contribution in [-0.4, -0.2) is 23.3 Å². The number of nitrogens with two attached hydrogens (primary N) is 1. The summed E-state index contributed by atoms with van der Waals surface area (Å²) in [5, 5.41) is 12.7. The van der Waals surface area contributed by atoms with Crippen LogP contribution in [0.2, 0.25) is 0 Å². The minimum atomic E-state index is 0.180. The summed E-state index contributed by atoms with van der Waals surface area (Å²) >= 11 is 0. The molecule has 2 aromatic rings. The maximum Gasteiger partial charge on any atom is 0.0950 e. The average Bonchev–Trinajstić information content (AvgIpc) is 2.36. The van der Waals surface area contributed by atoms with Crippen LogP contribution in [0.4, 0.5) is 5.69 Å². The van der Waals surface area contributed by atoms with Crippen LogP contribution in [0, 0.1) is 5.41 Å². The number of aromatic nitrogens is 2. The molecule has 1 aromatic carbocycles. The van der Waals surface area contributed by atoms with E-state index in [2.05, 4.69) is 35.4 Å². The number of fused-ring (bicyclic) bond motifs is 1.